The number of hydrogen-bond donors (Lipinski definition) is 1. The summed E-state index contributed by atoms with van der Waals surface area (Å²) in [7, 11) is 0. The van der Waals surface area contributed by atoms with Crippen molar-refractivity contribution in [3.63, 3.8) is 0 Å². The maximum atomic E-state index is 12.9. The van der Waals surface area contributed by atoms with Gasteiger partial charge in [0, 0.05) is 9.77 Å². The SMILES string of the molecule is CCOC(=O)c1c(NC(=O)C(C)Sc2ccc(C)c(C)c2)sc2c1CCC(C)C2. The summed E-state index contributed by atoms with van der Waals surface area (Å²) in [6.07, 6.45) is 2.88. The molecule has 1 aliphatic carbocycles. The highest BCUT2D eigenvalue weighted by Crippen LogP contribution is 2.40. The Kier molecular flexibility index (Phi) is 7.06. The second-order valence-electron chi connectivity index (χ2n) is 7.77. The Morgan fingerprint density at radius 1 is 1.31 bits per heavy atom. The summed E-state index contributed by atoms with van der Waals surface area (Å²) in [5.74, 6) is 0.175. The number of rotatable bonds is 6. The standard InChI is InChI=1S/C23H29NO3S2/c1-6-27-23(26)20-18-10-7-13(2)11-19(18)29-22(20)24-21(25)16(5)28-17-9-8-14(3)15(4)12-17/h8-9,12-13,16H,6-7,10-11H2,1-5H3,(H,24,25). The molecule has 3 rings (SSSR count). The monoisotopic (exact) mass is 431 g/mol. The van der Waals surface area contributed by atoms with Crippen molar-refractivity contribution in [1.29, 1.82) is 0 Å². The van der Waals surface area contributed by atoms with Crippen LogP contribution in [0.3, 0.4) is 0 Å². The van der Waals surface area contributed by atoms with Gasteiger partial charge in [-0.15, -0.1) is 23.1 Å². The Morgan fingerprint density at radius 2 is 2.07 bits per heavy atom. The summed E-state index contributed by atoms with van der Waals surface area (Å²) in [6, 6.07) is 6.24. The Morgan fingerprint density at radius 3 is 2.76 bits per heavy atom. The number of hydrogen-bond acceptors (Lipinski definition) is 5. The van der Waals surface area contributed by atoms with E-state index in [1.165, 1.54) is 39.1 Å². The van der Waals surface area contributed by atoms with E-state index in [0.717, 1.165) is 29.7 Å². The fourth-order valence-electron chi connectivity index (χ4n) is 3.52. The van der Waals surface area contributed by atoms with E-state index < -0.39 is 0 Å². The van der Waals surface area contributed by atoms with Gasteiger partial charge in [-0.25, -0.2) is 4.79 Å². The minimum atomic E-state index is -0.329. The molecular formula is C23H29NO3S2. The van der Waals surface area contributed by atoms with Crippen molar-refractivity contribution >= 4 is 40.0 Å². The maximum absolute atomic E-state index is 12.9. The summed E-state index contributed by atoms with van der Waals surface area (Å²) in [6.45, 7) is 10.4. The predicted octanol–water partition coefficient (Wildman–Crippen LogP) is 5.79. The first-order valence-electron chi connectivity index (χ1n) is 10.2. The first kappa shape index (κ1) is 21.9. The third kappa shape index (κ3) is 5.04. The zero-order valence-electron chi connectivity index (χ0n) is 17.8. The lowest BCUT2D eigenvalue weighted by atomic mass is 9.88. The van der Waals surface area contributed by atoms with Crippen LogP contribution in [0.15, 0.2) is 23.1 Å². The summed E-state index contributed by atoms with van der Waals surface area (Å²) >= 11 is 3.06. The molecule has 0 radical (unpaired) electrons. The Hall–Kier alpha value is -1.79. The number of carbonyl (C=O) groups excluding carboxylic acids is 2. The first-order chi connectivity index (χ1) is 13.8. The van der Waals surface area contributed by atoms with Gasteiger partial charge < -0.3 is 10.1 Å². The highest BCUT2D eigenvalue weighted by molar-refractivity contribution is 8.00. The fourth-order valence-corrected chi connectivity index (χ4v) is 5.88. The zero-order chi connectivity index (χ0) is 21.1. The van der Waals surface area contributed by atoms with Crippen molar-refractivity contribution in [3.8, 4) is 0 Å². The van der Waals surface area contributed by atoms with Crippen LogP contribution in [0.2, 0.25) is 0 Å². The van der Waals surface area contributed by atoms with Crippen LogP contribution in [-0.2, 0) is 22.4 Å². The normalized spacial score (nSPS) is 16.8. The molecule has 1 aromatic heterocycles. The second kappa shape index (κ2) is 9.35. The summed E-state index contributed by atoms with van der Waals surface area (Å²) in [5.41, 5.74) is 4.09. The van der Waals surface area contributed by atoms with E-state index in [1.807, 2.05) is 13.0 Å². The summed E-state index contributed by atoms with van der Waals surface area (Å²) in [4.78, 5) is 27.8. The van der Waals surface area contributed by atoms with Gasteiger partial charge in [0.15, 0.2) is 0 Å². The van der Waals surface area contributed by atoms with Crippen LogP contribution in [0, 0.1) is 19.8 Å². The number of carbonyl (C=O) groups is 2. The molecule has 1 N–H and O–H groups in total. The number of esters is 1. The minimum absolute atomic E-state index is 0.0922. The van der Waals surface area contributed by atoms with Crippen molar-refractivity contribution < 1.29 is 14.3 Å². The van der Waals surface area contributed by atoms with Crippen LogP contribution in [-0.4, -0.2) is 23.7 Å². The van der Waals surface area contributed by atoms with E-state index in [0.29, 0.717) is 23.1 Å². The molecule has 1 aromatic carbocycles. The Bertz CT molecular complexity index is 919. The molecule has 0 saturated heterocycles. The van der Waals surface area contributed by atoms with Gasteiger partial charge in [0.1, 0.15) is 5.00 Å². The van der Waals surface area contributed by atoms with Crippen molar-refractivity contribution in [2.75, 3.05) is 11.9 Å². The summed E-state index contributed by atoms with van der Waals surface area (Å²) < 4.78 is 5.29. The number of thioether (sulfide) groups is 1. The van der Waals surface area contributed by atoms with Gasteiger partial charge in [-0.2, -0.15) is 0 Å². The predicted molar refractivity (Wildman–Crippen MR) is 121 cm³/mol. The lowest BCUT2D eigenvalue weighted by Crippen LogP contribution is -2.23. The quantitative estimate of drug-likeness (QED) is 0.465. The number of thiophene rings is 1. The van der Waals surface area contributed by atoms with Crippen molar-refractivity contribution in [3.05, 3.63) is 45.3 Å². The molecule has 1 aliphatic rings. The van der Waals surface area contributed by atoms with Gasteiger partial charge in [-0.05, 0) is 81.7 Å². The van der Waals surface area contributed by atoms with Gasteiger partial charge in [0.2, 0.25) is 5.91 Å². The second-order valence-corrected chi connectivity index (χ2v) is 10.3. The molecule has 2 unspecified atom stereocenters. The van der Waals surface area contributed by atoms with Gasteiger partial charge >= 0.3 is 5.97 Å². The van der Waals surface area contributed by atoms with Crippen LogP contribution in [0.4, 0.5) is 5.00 Å². The highest BCUT2D eigenvalue weighted by Gasteiger charge is 2.29. The lowest BCUT2D eigenvalue weighted by molar-refractivity contribution is -0.115. The Balaban J connectivity index is 1.79. The molecule has 0 aliphatic heterocycles. The number of nitrogens with one attached hydrogen (secondary N) is 1. The number of ether oxygens (including phenoxy) is 1. The third-order valence-corrected chi connectivity index (χ3v) is 7.65. The number of fused-ring (bicyclic) bond motifs is 1. The van der Waals surface area contributed by atoms with Crippen molar-refractivity contribution in [2.45, 2.75) is 64.0 Å². The Labute approximate surface area is 181 Å². The molecule has 1 heterocycles. The molecule has 1 amide bonds. The topological polar surface area (TPSA) is 55.4 Å². The number of benzene rings is 1. The van der Waals surface area contributed by atoms with E-state index >= 15 is 0 Å². The van der Waals surface area contributed by atoms with Gasteiger partial charge in [-0.3, -0.25) is 4.79 Å². The maximum Gasteiger partial charge on any atom is 0.341 e. The van der Waals surface area contributed by atoms with E-state index in [-0.39, 0.29) is 17.1 Å². The molecule has 2 aromatic rings. The van der Waals surface area contributed by atoms with E-state index in [2.05, 4.69) is 38.2 Å². The van der Waals surface area contributed by atoms with Crippen LogP contribution in [0.1, 0.15) is 59.1 Å². The molecule has 0 saturated carbocycles. The molecule has 0 fully saturated rings. The largest absolute Gasteiger partial charge is 0.462 e. The van der Waals surface area contributed by atoms with Crippen LogP contribution < -0.4 is 5.32 Å². The zero-order valence-corrected chi connectivity index (χ0v) is 19.4. The highest BCUT2D eigenvalue weighted by atomic mass is 32.2. The fraction of sp³-hybridized carbons (Fsp3) is 0.478. The van der Waals surface area contributed by atoms with E-state index in [4.69, 9.17) is 4.74 Å². The van der Waals surface area contributed by atoms with E-state index in [1.54, 1.807) is 6.92 Å². The average Bonchev–Trinajstić information content (AvgIpc) is 3.01. The van der Waals surface area contributed by atoms with E-state index in [9.17, 15) is 9.59 Å². The molecule has 29 heavy (non-hydrogen) atoms. The minimum Gasteiger partial charge on any atom is -0.462 e. The molecule has 0 bridgehead atoms. The molecule has 4 nitrogen and oxygen atoms in total. The van der Waals surface area contributed by atoms with Gasteiger partial charge in [0.05, 0.1) is 17.4 Å². The third-order valence-electron chi connectivity index (χ3n) is 5.39. The lowest BCUT2D eigenvalue weighted by Gasteiger charge is -2.18. The molecule has 2 atom stereocenters. The van der Waals surface area contributed by atoms with Crippen LogP contribution in [0.25, 0.3) is 0 Å². The molecular weight excluding hydrogens is 402 g/mol. The number of anilines is 1. The average molecular weight is 432 g/mol. The van der Waals surface area contributed by atoms with Crippen molar-refractivity contribution in [2.24, 2.45) is 5.92 Å². The number of amides is 1. The first-order valence-corrected chi connectivity index (χ1v) is 11.9. The van der Waals surface area contributed by atoms with Crippen LogP contribution in [0.5, 0.6) is 0 Å². The number of aryl methyl sites for hydroxylation is 2. The molecule has 6 heteroatoms. The molecule has 0 spiro atoms. The van der Waals surface area contributed by atoms with Gasteiger partial charge in [0.25, 0.3) is 0 Å². The van der Waals surface area contributed by atoms with Gasteiger partial charge in [-0.1, -0.05) is 13.0 Å². The van der Waals surface area contributed by atoms with Crippen molar-refractivity contribution in [1.82, 2.24) is 0 Å². The summed E-state index contributed by atoms with van der Waals surface area (Å²) in [5, 5.41) is 3.39. The smallest absolute Gasteiger partial charge is 0.341 e. The molecule has 156 valence electrons. The van der Waals surface area contributed by atoms with Crippen LogP contribution >= 0.6 is 23.1 Å².